The first-order chi connectivity index (χ1) is 8.18. The van der Waals surface area contributed by atoms with E-state index in [0.29, 0.717) is 6.42 Å². The molecule has 1 fully saturated rings. The highest BCUT2D eigenvalue weighted by Gasteiger charge is 2.24. The van der Waals surface area contributed by atoms with E-state index < -0.39 is 17.7 Å². The molecule has 3 heteroatoms. The van der Waals surface area contributed by atoms with E-state index in [1.54, 1.807) is 0 Å². The molecule has 1 N–H and O–H groups in total. The van der Waals surface area contributed by atoms with Crippen LogP contribution in [0.1, 0.15) is 37.7 Å². The monoisotopic (exact) mass is 240 g/mol. The van der Waals surface area contributed by atoms with Crippen LogP contribution in [0.2, 0.25) is 0 Å². The lowest BCUT2D eigenvalue weighted by molar-refractivity contribution is 0.0997. The number of hydrogen-bond donors (Lipinski definition) is 1. The lowest BCUT2D eigenvalue weighted by Gasteiger charge is -2.20. The number of aliphatic hydroxyl groups excluding tert-OH is 1. The first kappa shape index (κ1) is 12.5. The Hall–Kier alpha value is -0.960. The molecule has 1 nitrogen and oxygen atoms in total. The summed E-state index contributed by atoms with van der Waals surface area (Å²) in [6.45, 7) is 0. The van der Waals surface area contributed by atoms with Gasteiger partial charge >= 0.3 is 0 Å². The molecular weight excluding hydrogens is 222 g/mol. The molecule has 0 radical (unpaired) electrons. The third kappa shape index (κ3) is 3.03. The Morgan fingerprint density at radius 2 is 1.71 bits per heavy atom. The molecule has 0 spiro atoms. The van der Waals surface area contributed by atoms with Gasteiger partial charge in [-0.05, 0) is 37.3 Å². The summed E-state index contributed by atoms with van der Waals surface area (Å²) in [5.41, 5.74) is 0.124. The third-order valence-corrected chi connectivity index (χ3v) is 3.65. The zero-order chi connectivity index (χ0) is 12.3. The molecule has 1 aliphatic carbocycles. The fraction of sp³-hybridized carbons (Fsp3) is 0.571. The zero-order valence-corrected chi connectivity index (χ0v) is 9.83. The molecule has 1 saturated carbocycles. The Bertz CT molecular complexity index is 358. The van der Waals surface area contributed by atoms with Crippen LogP contribution in [0.15, 0.2) is 18.2 Å². The summed E-state index contributed by atoms with van der Waals surface area (Å²) in [4.78, 5) is 0. The smallest absolute Gasteiger partial charge is 0.129 e. The number of halogens is 2. The molecular formula is C14H18F2O. The van der Waals surface area contributed by atoms with E-state index in [1.807, 2.05) is 0 Å². The van der Waals surface area contributed by atoms with Crippen LogP contribution < -0.4 is 0 Å². The predicted molar refractivity (Wildman–Crippen MR) is 62.6 cm³/mol. The van der Waals surface area contributed by atoms with Crippen LogP contribution in [-0.4, -0.2) is 11.2 Å². The SMILES string of the molecule is OC1CCCCCC1Cc1c(F)cccc1F. The molecule has 0 saturated heterocycles. The lowest BCUT2D eigenvalue weighted by atomic mass is 9.90. The highest BCUT2D eigenvalue weighted by Crippen LogP contribution is 2.28. The summed E-state index contributed by atoms with van der Waals surface area (Å²) in [5.74, 6) is -1.01. The van der Waals surface area contributed by atoms with Crippen molar-refractivity contribution in [2.24, 2.45) is 5.92 Å². The minimum Gasteiger partial charge on any atom is -0.393 e. The summed E-state index contributed by atoms with van der Waals surface area (Å²) in [5, 5.41) is 9.95. The average Bonchev–Trinajstić information content (AvgIpc) is 2.49. The van der Waals surface area contributed by atoms with Crippen LogP contribution in [0, 0.1) is 17.6 Å². The van der Waals surface area contributed by atoms with Crippen LogP contribution >= 0.6 is 0 Å². The highest BCUT2D eigenvalue weighted by atomic mass is 19.1. The van der Waals surface area contributed by atoms with Gasteiger partial charge in [0.2, 0.25) is 0 Å². The van der Waals surface area contributed by atoms with Gasteiger partial charge in [0.05, 0.1) is 6.10 Å². The lowest BCUT2D eigenvalue weighted by Crippen LogP contribution is -2.22. The Morgan fingerprint density at radius 1 is 1.06 bits per heavy atom. The van der Waals surface area contributed by atoms with Gasteiger partial charge in [-0.25, -0.2) is 8.78 Å². The Morgan fingerprint density at radius 3 is 2.41 bits per heavy atom. The van der Waals surface area contributed by atoms with Crippen LogP contribution in [0.4, 0.5) is 8.78 Å². The van der Waals surface area contributed by atoms with Crippen molar-refractivity contribution in [1.29, 1.82) is 0 Å². The topological polar surface area (TPSA) is 20.2 Å². The predicted octanol–water partition coefficient (Wildman–Crippen LogP) is 3.45. The van der Waals surface area contributed by atoms with Crippen molar-refractivity contribution in [3.8, 4) is 0 Å². The fourth-order valence-electron chi connectivity index (χ4n) is 2.59. The molecule has 0 heterocycles. The summed E-state index contributed by atoms with van der Waals surface area (Å²) in [6, 6.07) is 3.93. The van der Waals surface area contributed by atoms with Crippen molar-refractivity contribution >= 4 is 0 Å². The molecule has 0 aromatic heterocycles. The average molecular weight is 240 g/mol. The van der Waals surface area contributed by atoms with Crippen LogP contribution in [0.5, 0.6) is 0 Å². The van der Waals surface area contributed by atoms with Crippen molar-refractivity contribution in [1.82, 2.24) is 0 Å². The van der Waals surface area contributed by atoms with E-state index in [-0.39, 0.29) is 11.5 Å². The van der Waals surface area contributed by atoms with Gasteiger partial charge in [0.1, 0.15) is 11.6 Å². The van der Waals surface area contributed by atoms with Gasteiger partial charge in [0.25, 0.3) is 0 Å². The molecule has 94 valence electrons. The summed E-state index contributed by atoms with van der Waals surface area (Å²) >= 11 is 0. The van der Waals surface area contributed by atoms with Gasteiger partial charge in [0, 0.05) is 5.56 Å². The molecule has 17 heavy (non-hydrogen) atoms. The number of hydrogen-bond acceptors (Lipinski definition) is 1. The molecule has 1 aromatic rings. The van der Waals surface area contributed by atoms with Crippen molar-refractivity contribution in [2.75, 3.05) is 0 Å². The van der Waals surface area contributed by atoms with Crippen LogP contribution in [0.3, 0.4) is 0 Å². The van der Waals surface area contributed by atoms with Crippen molar-refractivity contribution in [3.05, 3.63) is 35.4 Å². The highest BCUT2D eigenvalue weighted by molar-refractivity contribution is 5.20. The van der Waals surface area contributed by atoms with Gasteiger partial charge in [-0.15, -0.1) is 0 Å². The van der Waals surface area contributed by atoms with Gasteiger partial charge in [-0.2, -0.15) is 0 Å². The van der Waals surface area contributed by atoms with E-state index in [2.05, 4.69) is 0 Å². The van der Waals surface area contributed by atoms with Crippen molar-refractivity contribution < 1.29 is 13.9 Å². The molecule has 2 unspecified atom stereocenters. The largest absolute Gasteiger partial charge is 0.393 e. The number of aliphatic hydroxyl groups is 1. The van der Waals surface area contributed by atoms with E-state index in [0.717, 1.165) is 32.1 Å². The maximum Gasteiger partial charge on any atom is 0.129 e. The quantitative estimate of drug-likeness (QED) is 0.785. The molecule has 0 bridgehead atoms. The molecule has 1 aliphatic rings. The standard InChI is InChI=1S/C14H18F2O/c15-12-6-4-7-13(16)11(12)9-10-5-2-1-3-8-14(10)17/h4,6-7,10,14,17H,1-3,5,8-9H2. The van der Waals surface area contributed by atoms with Crippen LogP contribution in [-0.2, 0) is 6.42 Å². The van der Waals surface area contributed by atoms with Crippen molar-refractivity contribution in [2.45, 2.75) is 44.6 Å². The van der Waals surface area contributed by atoms with Gasteiger partial charge in [-0.3, -0.25) is 0 Å². The van der Waals surface area contributed by atoms with Gasteiger partial charge < -0.3 is 5.11 Å². The maximum atomic E-state index is 13.5. The summed E-state index contributed by atoms with van der Waals surface area (Å²) in [7, 11) is 0. The second-order valence-corrected chi connectivity index (χ2v) is 4.87. The van der Waals surface area contributed by atoms with E-state index in [1.165, 1.54) is 18.2 Å². The van der Waals surface area contributed by atoms with Crippen molar-refractivity contribution in [3.63, 3.8) is 0 Å². The Balaban J connectivity index is 2.13. The first-order valence-electron chi connectivity index (χ1n) is 6.29. The molecule has 0 aliphatic heterocycles. The van der Waals surface area contributed by atoms with E-state index in [4.69, 9.17) is 0 Å². The normalized spacial score (nSPS) is 25.6. The number of benzene rings is 1. The molecule has 1 aromatic carbocycles. The first-order valence-corrected chi connectivity index (χ1v) is 6.29. The molecule has 2 atom stereocenters. The number of rotatable bonds is 2. The molecule has 2 rings (SSSR count). The van der Waals surface area contributed by atoms with E-state index >= 15 is 0 Å². The van der Waals surface area contributed by atoms with Gasteiger partial charge in [-0.1, -0.05) is 25.3 Å². The second-order valence-electron chi connectivity index (χ2n) is 4.87. The fourth-order valence-corrected chi connectivity index (χ4v) is 2.59. The third-order valence-electron chi connectivity index (χ3n) is 3.65. The second kappa shape index (κ2) is 5.58. The Kier molecular flexibility index (Phi) is 4.11. The summed E-state index contributed by atoms with van der Waals surface area (Å²) in [6.07, 6.45) is 4.65. The maximum absolute atomic E-state index is 13.5. The minimum absolute atomic E-state index is 0.0103. The zero-order valence-electron chi connectivity index (χ0n) is 9.83. The van der Waals surface area contributed by atoms with Gasteiger partial charge in [0.15, 0.2) is 0 Å². The molecule has 0 amide bonds. The Labute approximate surface area is 100 Å². The summed E-state index contributed by atoms with van der Waals surface area (Å²) < 4.78 is 27.0. The van der Waals surface area contributed by atoms with E-state index in [9.17, 15) is 13.9 Å². The minimum atomic E-state index is -0.499. The van der Waals surface area contributed by atoms with Crippen LogP contribution in [0.25, 0.3) is 0 Å².